The summed E-state index contributed by atoms with van der Waals surface area (Å²) in [5.41, 5.74) is 0.958. The van der Waals surface area contributed by atoms with Crippen molar-refractivity contribution in [1.29, 1.82) is 0 Å². The van der Waals surface area contributed by atoms with Crippen molar-refractivity contribution >= 4 is 24.2 Å². The third-order valence-electron chi connectivity index (χ3n) is 4.13. The lowest BCUT2D eigenvalue weighted by Crippen LogP contribution is -2.41. The van der Waals surface area contributed by atoms with Gasteiger partial charge in [-0.2, -0.15) is 0 Å². The fourth-order valence-electron chi connectivity index (χ4n) is 2.23. The molecule has 1 aliphatic heterocycles. The van der Waals surface area contributed by atoms with Gasteiger partial charge in [0.2, 0.25) is 0 Å². The van der Waals surface area contributed by atoms with Crippen LogP contribution in [-0.2, 0) is 15.7 Å². The van der Waals surface area contributed by atoms with Crippen molar-refractivity contribution in [3.05, 3.63) is 28.8 Å². The summed E-state index contributed by atoms with van der Waals surface area (Å²) in [4.78, 5) is 0. The number of hydrogen-bond donors (Lipinski definition) is 1. The van der Waals surface area contributed by atoms with Crippen LogP contribution in [0, 0.1) is 0 Å². The zero-order valence-electron chi connectivity index (χ0n) is 12.7. The lowest BCUT2D eigenvalue weighted by atomic mass is 9.78. The van der Waals surface area contributed by atoms with Crippen LogP contribution in [0.2, 0.25) is 5.02 Å². The highest BCUT2D eigenvalue weighted by molar-refractivity contribution is 6.65. The molecule has 1 fully saturated rings. The van der Waals surface area contributed by atoms with E-state index in [1.54, 1.807) is 6.92 Å². The van der Waals surface area contributed by atoms with Gasteiger partial charge in [0.25, 0.3) is 0 Å². The normalized spacial score (nSPS) is 22.1. The van der Waals surface area contributed by atoms with E-state index in [-0.39, 0.29) is 11.2 Å². The predicted molar refractivity (Wildman–Crippen MR) is 82.6 cm³/mol. The first-order chi connectivity index (χ1) is 9.14. The average Bonchev–Trinajstić information content (AvgIpc) is 2.50. The maximum atomic E-state index is 9.53. The molecule has 0 saturated carbocycles. The molecule has 1 atom stereocenters. The largest absolute Gasteiger partial charge is 0.496 e. The Hall–Kier alpha value is -0.545. The summed E-state index contributed by atoms with van der Waals surface area (Å²) < 4.78 is 12.0. The molecule has 5 heteroatoms. The molecular weight excluding hydrogens is 274 g/mol. The highest BCUT2D eigenvalue weighted by atomic mass is 35.5. The van der Waals surface area contributed by atoms with E-state index in [0.717, 1.165) is 11.0 Å². The van der Waals surface area contributed by atoms with Gasteiger partial charge in [-0.1, -0.05) is 29.8 Å². The predicted octanol–water partition coefficient (Wildman–Crippen LogP) is 2.56. The molecule has 1 aromatic rings. The van der Waals surface area contributed by atoms with E-state index in [4.69, 9.17) is 20.9 Å². The van der Waals surface area contributed by atoms with Crippen LogP contribution in [0.5, 0.6) is 0 Å². The molecule has 1 aliphatic rings. The Kier molecular flexibility index (Phi) is 4.23. The van der Waals surface area contributed by atoms with E-state index < -0.39 is 13.2 Å². The number of hydrogen-bond acceptors (Lipinski definition) is 3. The van der Waals surface area contributed by atoms with Gasteiger partial charge in [-0.3, -0.25) is 0 Å². The second-order valence-corrected chi connectivity index (χ2v) is 6.84. The fraction of sp³-hybridized carbons (Fsp3) is 0.600. The van der Waals surface area contributed by atoms with E-state index in [9.17, 15) is 5.11 Å². The van der Waals surface area contributed by atoms with Crippen molar-refractivity contribution < 1.29 is 14.4 Å². The molecule has 0 spiro atoms. The molecule has 0 aliphatic carbocycles. The van der Waals surface area contributed by atoms with Crippen LogP contribution in [0.25, 0.3) is 0 Å². The summed E-state index contributed by atoms with van der Waals surface area (Å²) in [7, 11) is -0.471. The Bertz CT molecular complexity index is 484. The molecule has 110 valence electrons. The Morgan fingerprint density at radius 1 is 1.20 bits per heavy atom. The summed E-state index contributed by atoms with van der Waals surface area (Å²) in [5, 5.41) is 10.1. The van der Waals surface area contributed by atoms with Crippen molar-refractivity contribution in [3.8, 4) is 0 Å². The fourth-order valence-corrected chi connectivity index (χ4v) is 2.52. The van der Waals surface area contributed by atoms with Crippen LogP contribution in [-0.4, -0.2) is 29.5 Å². The third kappa shape index (κ3) is 2.89. The smallest absolute Gasteiger partial charge is 0.399 e. The number of aliphatic hydroxyl groups is 1. The minimum absolute atomic E-state index is 0.388. The lowest BCUT2D eigenvalue weighted by Gasteiger charge is -2.32. The summed E-state index contributed by atoms with van der Waals surface area (Å²) in [5.74, 6) is 0. The minimum Gasteiger partial charge on any atom is -0.399 e. The molecule has 1 unspecified atom stereocenters. The number of benzene rings is 1. The lowest BCUT2D eigenvalue weighted by molar-refractivity contribution is 0.00578. The molecule has 3 nitrogen and oxygen atoms in total. The van der Waals surface area contributed by atoms with Crippen molar-refractivity contribution in [2.45, 2.75) is 58.3 Å². The van der Waals surface area contributed by atoms with E-state index in [1.807, 2.05) is 45.9 Å². The van der Waals surface area contributed by atoms with E-state index in [0.29, 0.717) is 11.4 Å². The molecule has 1 heterocycles. The van der Waals surface area contributed by atoms with Crippen LogP contribution in [0.4, 0.5) is 0 Å². The molecule has 1 saturated heterocycles. The molecule has 0 amide bonds. The summed E-state index contributed by atoms with van der Waals surface area (Å²) in [6.45, 7) is 9.81. The molecule has 20 heavy (non-hydrogen) atoms. The van der Waals surface area contributed by atoms with Crippen molar-refractivity contribution in [2.75, 3.05) is 0 Å². The van der Waals surface area contributed by atoms with Gasteiger partial charge in [0, 0.05) is 10.5 Å². The monoisotopic (exact) mass is 296 g/mol. The van der Waals surface area contributed by atoms with Crippen LogP contribution < -0.4 is 5.46 Å². The maximum absolute atomic E-state index is 9.53. The van der Waals surface area contributed by atoms with Crippen LogP contribution in [0.15, 0.2) is 18.2 Å². The quantitative estimate of drug-likeness (QED) is 0.871. The van der Waals surface area contributed by atoms with Gasteiger partial charge in [0.15, 0.2) is 0 Å². The third-order valence-corrected chi connectivity index (χ3v) is 4.59. The standard InChI is InChI=1S/C15H22BClO3/c1-10(18)9-11-7-6-8-12(13(11)17)16-19-14(2,3)15(4,5)20-16/h6-8,10,18H,9H2,1-5H3. The Balaban J connectivity index is 2.31. The van der Waals surface area contributed by atoms with E-state index >= 15 is 0 Å². The molecular formula is C15H22BClO3. The van der Waals surface area contributed by atoms with Gasteiger partial charge in [-0.25, -0.2) is 0 Å². The number of aliphatic hydroxyl groups excluding tert-OH is 1. The van der Waals surface area contributed by atoms with Crippen molar-refractivity contribution in [2.24, 2.45) is 0 Å². The van der Waals surface area contributed by atoms with Gasteiger partial charge < -0.3 is 14.4 Å². The van der Waals surface area contributed by atoms with Gasteiger partial charge in [0.05, 0.1) is 17.3 Å². The van der Waals surface area contributed by atoms with Gasteiger partial charge >= 0.3 is 7.12 Å². The zero-order valence-corrected chi connectivity index (χ0v) is 13.5. The van der Waals surface area contributed by atoms with Crippen molar-refractivity contribution in [3.63, 3.8) is 0 Å². The SMILES string of the molecule is CC(O)Cc1cccc(B2OC(C)(C)C(C)(C)O2)c1Cl. The summed E-state index contributed by atoms with van der Waals surface area (Å²) >= 11 is 6.45. The Morgan fingerprint density at radius 3 is 2.25 bits per heavy atom. The number of rotatable bonds is 3. The number of halogens is 1. The summed E-state index contributed by atoms with van der Waals surface area (Å²) in [6, 6.07) is 5.75. The first-order valence-electron chi connectivity index (χ1n) is 6.95. The molecule has 1 N–H and O–H groups in total. The highest BCUT2D eigenvalue weighted by Crippen LogP contribution is 2.37. The summed E-state index contributed by atoms with van der Waals surface area (Å²) in [6.07, 6.45) is 0.0904. The zero-order chi connectivity index (χ0) is 15.1. The molecule has 0 aromatic heterocycles. The second-order valence-electron chi connectivity index (χ2n) is 6.46. The Morgan fingerprint density at radius 2 is 1.75 bits per heavy atom. The van der Waals surface area contributed by atoms with Crippen LogP contribution in [0.3, 0.4) is 0 Å². The van der Waals surface area contributed by atoms with Gasteiger partial charge in [-0.05, 0) is 46.6 Å². The van der Waals surface area contributed by atoms with Crippen LogP contribution in [0.1, 0.15) is 40.2 Å². The first-order valence-corrected chi connectivity index (χ1v) is 7.33. The van der Waals surface area contributed by atoms with Crippen molar-refractivity contribution in [1.82, 2.24) is 0 Å². The molecule has 0 bridgehead atoms. The first kappa shape index (κ1) is 15.8. The minimum atomic E-state index is -0.471. The molecule has 0 radical (unpaired) electrons. The van der Waals surface area contributed by atoms with Gasteiger partial charge in [-0.15, -0.1) is 0 Å². The maximum Gasteiger partial charge on any atom is 0.496 e. The topological polar surface area (TPSA) is 38.7 Å². The molecule has 1 aromatic carbocycles. The van der Waals surface area contributed by atoms with Gasteiger partial charge in [0.1, 0.15) is 0 Å². The highest BCUT2D eigenvalue weighted by Gasteiger charge is 2.52. The molecule has 2 rings (SSSR count). The van der Waals surface area contributed by atoms with Crippen LogP contribution >= 0.6 is 11.6 Å². The second kappa shape index (κ2) is 5.34. The van der Waals surface area contributed by atoms with E-state index in [2.05, 4.69) is 0 Å². The van der Waals surface area contributed by atoms with E-state index in [1.165, 1.54) is 0 Å². The Labute approximate surface area is 126 Å². The average molecular weight is 297 g/mol.